The van der Waals surface area contributed by atoms with Gasteiger partial charge in [-0.25, -0.2) is 4.98 Å². The lowest BCUT2D eigenvalue weighted by atomic mass is 9.80. The first kappa shape index (κ1) is 15.2. The molecule has 0 aliphatic rings. The van der Waals surface area contributed by atoms with Crippen LogP contribution in [0.2, 0.25) is 5.15 Å². The summed E-state index contributed by atoms with van der Waals surface area (Å²) in [6.07, 6.45) is 0. The van der Waals surface area contributed by atoms with Gasteiger partial charge in [0.05, 0.1) is 22.5 Å². The smallest absolute Gasteiger partial charge is 0.422 e. The number of aromatic nitrogens is 1. The molecule has 7 heteroatoms. The molecular weight excluding hydrogens is 254 g/mol. The van der Waals surface area contributed by atoms with E-state index in [9.17, 15) is 10.1 Å². The summed E-state index contributed by atoms with van der Waals surface area (Å²) in [5.74, 6) is 0. The zero-order chi connectivity index (χ0) is 14.1. The number of rotatable bonds is 4. The molecule has 1 aromatic heterocycles. The summed E-state index contributed by atoms with van der Waals surface area (Å²) in [7, 11) is -1.29. The van der Waals surface area contributed by atoms with Crippen molar-refractivity contribution in [2.24, 2.45) is 0 Å². The lowest BCUT2D eigenvalue weighted by molar-refractivity contribution is -0.0983. The highest BCUT2D eigenvalue weighted by molar-refractivity contribution is 6.59. The third kappa shape index (κ3) is 3.35. The predicted molar refractivity (Wildman–Crippen MR) is 72.7 cm³/mol. The third-order valence-electron chi connectivity index (χ3n) is 3.03. The van der Waals surface area contributed by atoms with Crippen molar-refractivity contribution in [3.63, 3.8) is 0 Å². The van der Waals surface area contributed by atoms with Crippen LogP contribution in [0.5, 0.6) is 0 Å². The van der Waals surface area contributed by atoms with E-state index >= 15 is 0 Å². The molecule has 1 rings (SSSR count). The molecule has 0 atom stereocenters. The highest BCUT2D eigenvalue weighted by Crippen LogP contribution is 2.25. The Bertz CT molecular complexity index is 435. The van der Waals surface area contributed by atoms with Crippen molar-refractivity contribution in [2.45, 2.75) is 38.9 Å². The monoisotopic (exact) mass is 272 g/mol. The number of nitrogens with two attached hydrogens (primary N) is 1. The van der Waals surface area contributed by atoms with Crippen LogP contribution in [0.3, 0.4) is 0 Å². The molecule has 0 fully saturated rings. The van der Waals surface area contributed by atoms with E-state index in [0.29, 0.717) is 5.69 Å². The molecular formula is C11H18BClN2O3. The normalized spacial score (nSPS) is 12.6. The Hall–Kier alpha value is -0.815. The van der Waals surface area contributed by atoms with Gasteiger partial charge in [-0.3, -0.25) is 0 Å². The van der Waals surface area contributed by atoms with Crippen LogP contribution in [0.1, 0.15) is 27.7 Å². The summed E-state index contributed by atoms with van der Waals surface area (Å²) >= 11 is 5.77. The van der Waals surface area contributed by atoms with Gasteiger partial charge in [-0.2, -0.15) is 0 Å². The maximum Gasteiger partial charge on any atom is 0.511 e. The second kappa shape index (κ2) is 5.05. The number of hydrogen-bond donors (Lipinski definition) is 3. The molecule has 18 heavy (non-hydrogen) atoms. The quantitative estimate of drug-likeness (QED) is 0.551. The lowest BCUT2D eigenvalue weighted by Crippen LogP contribution is -2.53. The Kier molecular flexibility index (Phi) is 4.28. The standard InChI is InChI=1S/C11H18BClN2O3/c1-10(2,16)11(3,4)18-12(17)8-6-5-7(14)9(13)15-8/h5-6,16-17H,14H2,1-4H3. The number of nitrogen functional groups attached to an aromatic ring is 1. The molecule has 0 aromatic carbocycles. The average Bonchev–Trinajstić information content (AvgIpc) is 2.19. The molecule has 0 unspecified atom stereocenters. The summed E-state index contributed by atoms with van der Waals surface area (Å²) < 4.78 is 5.43. The first-order valence-electron chi connectivity index (χ1n) is 5.55. The molecule has 5 nitrogen and oxygen atoms in total. The van der Waals surface area contributed by atoms with Gasteiger partial charge < -0.3 is 20.5 Å². The van der Waals surface area contributed by atoms with Crippen LogP contribution in [0.4, 0.5) is 5.69 Å². The molecule has 0 aliphatic carbocycles. The molecule has 0 saturated carbocycles. The van der Waals surface area contributed by atoms with Crippen molar-refractivity contribution in [3.8, 4) is 0 Å². The van der Waals surface area contributed by atoms with Crippen molar-refractivity contribution in [1.29, 1.82) is 0 Å². The summed E-state index contributed by atoms with van der Waals surface area (Å²) in [5.41, 5.74) is 4.02. The third-order valence-corrected chi connectivity index (χ3v) is 3.33. The SMILES string of the molecule is CC(C)(O)C(C)(C)OB(O)c1ccc(N)c(Cl)n1. The Labute approximate surface area is 112 Å². The number of halogens is 1. The molecule has 1 heterocycles. The summed E-state index contributed by atoms with van der Waals surface area (Å²) in [6, 6.07) is 3.06. The maximum absolute atomic E-state index is 9.94. The minimum absolute atomic E-state index is 0.108. The zero-order valence-corrected chi connectivity index (χ0v) is 11.7. The zero-order valence-electron chi connectivity index (χ0n) is 10.9. The lowest BCUT2D eigenvalue weighted by Gasteiger charge is -2.38. The van der Waals surface area contributed by atoms with E-state index in [1.165, 1.54) is 12.1 Å². The van der Waals surface area contributed by atoms with Crippen molar-refractivity contribution in [3.05, 3.63) is 17.3 Å². The van der Waals surface area contributed by atoms with E-state index in [4.69, 9.17) is 22.0 Å². The van der Waals surface area contributed by atoms with Gasteiger partial charge in [-0.05, 0) is 39.8 Å². The molecule has 1 aromatic rings. The highest BCUT2D eigenvalue weighted by Gasteiger charge is 2.40. The van der Waals surface area contributed by atoms with E-state index in [1.807, 2.05) is 0 Å². The Morgan fingerprint density at radius 3 is 2.33 bits per heavy atom. The minimum atomic E-state index is -1.29. The first-order valence-corrected chi connectivity index (χ1v) is 5.92. The van der Waals surface area contributed by atoms with Gasteiger partial charge in [-0.1, -0.05) is 11.6 Å². The fraction of sp³-hybridized carbons (Fsp3) is 0.545. The van der Waals surface area contributed by atoms with Crippen molar-refractivity contribution < 1.29 is 14.8 Å². The summed E-state index contributed by atoms with van der Waals surface area (Å²) in [5, 5.41) is 20.0. The van der Waals surface area contributed by atoms with E-state index in [0.717, 1.165) is 0 Å². The summed E-state index contributed by atoms with van der Waals surface area (Å²) in [6.45, 7) is 6.55. The second-order valence-corrected chi connectivity index (χ2v) is 5.51. The van der Waals surface area contributed by atoms with Gasteiger partial charge in [0.25, 0.3) is 0 Å². The Balaban J connectivity index is 2.89. The van der Waals surface area contributed by atoms with Gasteiger partial charge in [0.15, 0.2) is 5.15 Å². The van der Waals surface area contributed by atoms with E-state index in [2.05, 4.69) is 4.98 Å². The largest absolute Gasteiger partial charge is 0.511 e. The van der Waals surface area contributed by atoms with Crippen LogP contribution in [-0.4, -0.2) is 33.4 Å². The molecule has 100 valence electrons. The van der Waals surface area contributed by atoms with Crippen LogP contribution in [0.15, 0.2) is 12.1 Å². The molecule has 4 N–H and O–H groups in total. The van der Waals surface area contributed by atoms with Crippen molar-refractivity contribution in [2.75, 3.05) is 5.73 Å². The van der Waals surface area contributed by atoms with Crippen LogP contribution in [-0.2, 0) is 4.65 Å². The van der Waals surface area contributed by atoms with E-state index < -0.39 is 18.3 Å². The second-order valence-electron chi connectivity index (χ2n) is 5.16. The highest BCUT2D eigenvalue weighted by atomic mass is 35.5. The fourth-order valence-electron chi connectivity index (χ4n) is 1.08. The van der Waals surface area contributed by atoms with Crippen LogP contribution >= 0.6 is 11.6 Å². The van der Waals surface area contributed by atoms with Crippen molar-refractivity contribution in [1.82, 2.24) is 4.98 Å². The number of anilines is 1. The van der Waals surface area contributed by atoms with Gasteiger partial charge in [0.1, 0.15) is 0 Å². The Morgan fingerprint density at radius 2 is 1.89 bits per heavy atom. The van der Waals surface area contributed by atoms with Gasteiger partial charge in [0.2, 0.25) is 0 Å². The molecule has 0 amide bonds. The Morgan fingerprint density at radius 1 is 1.33 bits per heavy atom. The molecule has 0 aliphatic heterocycles. The van der Waals surface area contributed by atoms with E-state index in [-0.39, 0.29) is 10.7 Å². The predicted octanol–water partition coefficient (Wildman–Crippen LogP) is 0.571. The molecule has 0 saturated heterocycles. The number of nitrogens with zero attached hydrogens (tertiary/aromatic N) is 1. The van der Waals surface area contributed by atoms with E-state index in [1.54, 1.807) is 27.7 Å². The molecule has 0 bridgehead atoms. The topological polar surface area (TPSA) is 88.6 Å². The fourth-order valence-corrected chi connectivity index (χ4v) is 1.24. The number of pyridine rings is 1. The van der Waals surface area contributed by atoms with Gasteiger partial charge in [0, 0.05) is 0 Å². The van der Waals surface area contributed by atoms with Crippen LogP contribution < -0.4 is 11.3 Å². The van der Waals surface area contributed by atoms with Gasteiger partial charge >= 0.3 is 7.12 Å². The first-order chi connectivity index (χ1) is 8.04. The maximum atomic E-state index is 9.94. The number of hydrogen-bond acceptors (Lipinski definition) is 5. The van der Waals surface area contributed by atoms with Crippen LogP contribution in [0, 0.1) is 0 Å². The summed E-state index contributed by atoms with van der Waals surface area (Å²) in [4.78, 5) is 3.92. The minimum Gasteiger partial charge on any atom is -0.422 e. The van der Waals surface area contributed by atoms with Crippen molar-refractivity contribution >= 4 is 30.0 Å². The number of aliphatic hydroxyl groups is 1. The van der Waals surface area contributed by atoms with Gasteiger partial charge in [-0.15, -0.1) is 0 Å². The van der Waals surface area contributed by atoms with Crippen LogP contribution in [0.25, 0.3) is 0 Å². The molecule has 0 radical (unpaired) electrons. The molecule has 0 spiro atoms. The average molecular weight is 273 g/mol.